The molecule has 2 aromatic rings. The number of methoxy groups -OCH3 is 1. The molecule has 0 spiro atoms. The number of ether oxygens (including phenoxy) is 2. The smallest absolute Gasteiger partial charge is 0.264 e. The molecule has 1 saturated heterocycles. The molecule has 0 N–H and O–H groups in total. The first kappa shape index (κ1) is 21.1. The summed E-state index contributed by atoms with van der Waals surface area (Å²) in [6.45, 7) is 1.72. The van der Waals surface area contributed by atoms with Crippen LogP contribution in [0.25, 0.3) is 0 Å². The molecule has 0 amide bonds. The quantitative estimate of drug-likeness (QED) is 0.688. The van der Waals surface area contributed by atoms with Crippen LogP contribution >= 0.6 is 0 Å². The highest BCUT2D eigenvalue weighted by atomic mass is 32.2. The van der Waals surface area contributed by atoms with Gasteiger partial charge in [-0.25, -0.2) is 16.8 Å². The highest BCUT2D eigenvalue weighted by molar-refractivity contribution is 7.92. The third-order valence-electron chi connectivity index (χ3n) is 5.38. The van der Waals surface area contributed by atoms with Crippen LogP contribution in [0.3, 0.4) is 0 Å². The Bertz CT molecular complexity index is 1120. The monoisotopic (exact) mass is 452 g/mol. The Morgan fingerprint density at radius 1 is 0.867 bits per heavy atom. The molecule has 1 fully saturated rings. The first-order valence-corrected chi connectivity index (χ1v) is 12.6. The molecule has 0 saturated carbocycles. The first-order chi connectivity index (χ1) is 14.3. The lowest BCUT2D eigenvalue weighted by Crippen LogP contribution is -2.40. The summed E-state index contributed by atoms with van der Waals surface area (Å²) in [5.41, 5.74) is 1.24. The van der Waals surface area contributed by atoms with Crippen LogP contribution in [-0.4, -0.2) is 61.1 Å². The minimum Gasteiger partial charge on any atom is -0.497 e. The van der Waals surface area contributed by atoms with E-state index in [2.05, 4.69) is 0 Å². The third kappa shape index (κ3) is 3.80. The van der Waals surface area contributed by atoms with Gasteiger partial charge in [0.25, 0.3) is 10.0 Å². The summed E-state index contributed by atoms with van der Waals surface area (Å²) in [5.74, 6) is 0.575. The molecule has 0 unspecified atom stereocenters. The van der Waals surface area contributed by atoms with E-state index >= 15 is 0 Å². The molecular formula is C20H24N2O6S2. The second kappa shape index (κ2) is 8.18. The number of anilines is 1. The Hall–Kier alpha value is -2.14. The zero-order valence-corrected chi connectivity index (χ0v) is 18.3. The summed E-state index contributed by atoms with van der Waals surface area (Å²) in [5, 5.41) is 0. The number of rotatable bonds is 5. The van der Waals surface area contributed by atoms with Crippen molar-refractivity contribution in [2.24, 2.45) is 0 Å². The maximum Gasteiger partial charge on any atom is 0.264 e. The normalized spacial score (nSPS) is 18.1. The summed E-state index contributed by atoms with van der Waals surface area (Å²) >= 11 is 0. The van der Waals surface area contributed by atoms with Crippen LogP contribution in [0.5, 0.6) is 5.75 Å². The molecule has 0 aromatic heterocycles. The van der Waals surface area contributed by atoms with Crippen LogP contribution in [0, 0.1) is 0 Å². The maximum absolute atomic E-state index is 13.2. The van der Waals surface area contributed by atoms with Crippen LogP contribution in [-0.2, 0) is 31.2 Å². The van der Waals surface area contributed by atoms with E-state index in [1.807, 2.05) is 0 Å². The van der Waals surface area contributed by atoms with Gasteiger partial charge in [0.2, 0.25) is 10.0 Å². The van der Waals surface area contributed by atoms with Gasteiger partial charge < -0.3 is 9.47 Å². The molecule has 8 nitrogen and oxygen atoms in total. The molecule has 0 bridgehead atoms. The number of fused-ring (bicyclic) bond motifs is 1. The van der Waals surface area contributed by atoms with E-state index in [-0.39, 0.29) is 9.79 Å². The van der Waals surface area contributed by atoms with E-state index in [1.54, 1.807) is 24.3 Å². The van der Waals surface area contributed by atoms with Crippen molar-refractivity contribution in [1.29, 1.82) is 0 Å². The molecule has 30 heavy (non-hydrogen) atoms. The molecule has 0 radical (unpaired) electrons. The molecule has 2 aromatic carbocycles. The molecule has 0 atom stereocenters. The lowest BCUT2D eigenvalue weighted by Gasteiger charge is -2.31. The van der Waals surface area contributed by atoms with Gasteiger partial charge in [-0.1, -0.05) is 0 Å². The number of morpholine rings is 1. The predicted octanol–water partition coefficient (Wildman–Crippen LogP) is 1.86. The second-order valence-electron chi connectivity index (χ2n) is 7.16. The van der Waals surface area contributed by atoms with Crippen LogP contribution in [0.4, 0.5) is 5.69 Å². The molecule has 2 aliphatic heterocycles. The van der Waals surface area contributed by atoms with Crippen LogP contribution in [0.1, 0.15) is 12.0 Å². The summed E-state index contributed by atoms with van der Waals surface area (Å²) in [4.78, 5) is 0.355. The van der Waals surface area contributed by atoms with Crippen molar-refractivity contribution in [2.45, 2.75) is 22.6 Å². The number of hydrogen-bond donors (Lipinski definition) is 0. The number of hydrogen-bond acceptors (Lipinski definition) is 6. The van der Waals surface area contributed by atoms with Gasteiger partial charge in [0.15, 0.2) is 0 Å². The highest BCUT2D eigenvalue weighted by Gasteiger charge is 2.32. The first-order valence-electron chi connectivity index (χ1n) is 9.72. The molecule has 4 rings (SSSR count). The Morgan fingerprint density at radius 2 is 1.53 bits per heavy atom. The van der Waals surface area contributed by atoms with Crippen LogP contribution in [0.2, 0.25) is 0 Å². The van der Waals surface area contributed by atoms with Crippen molar-refractivity contribution in [3.8, 4) is 5.75 Å². The number of nitrogens with zero attached hydrogens (tertiary/aromatic N) is 2. The SMILES string of the molecule is COc1ccc(S(=O)(=O)N2CCCc3cc(S(=O)(=O)N4CCOCC4)ccc32)cc1. The minimum absolute atomic E-state index is 0.168. The summed E-state index contributed by atoms with van der Waals surface area (Å²) < 4.78 is 65.5. The second-order valence-corrected chi connectivity index (χ2v) is 11.0. The number of aryl methyl sites for hydroxylation is 1. The van der Waals surface area contributed by atoms with Crippen molar-refractivity contribution in [2.75, 3.05) is 44.3 Å². The Morgan fingerprint density at radius 3 is 2.20 bits per heavy atom. The molecule has 10 heteroatoms. The lowest BCUT2D eigenvalue weighted by molar-refractivity contribution is 0.0730. The van der Waals surface area contributed by atoms with Gasteiger partial charge in [-0.05, 0) is 60.9 Å². The van der Waals surface area contributed by atoms with E-state index < -0.39 is 20.0 Å². The van der Waals surface area contributed by atoms with E-state index in [9.17, 15) is 16.8 Å². The van der Waals surface area contributed by atoms with Gasteiger partial charge in [0, 0.05) is 19.6 Å². The van der Waals surface area contributed by atoms with E-state index in [0.717, 1.165) is 0 Å². The summed E-state index contributed by atoms with van der Waals surface area (Å²) in [6, 6.07) is 10.9. The predicted molar refractivity (Wildman–Crippen MR) is 112 cm³/mol. The van der Waals surface area contributed by atoms with Crippen molar-refractivity contribution < 1.29 is 26.3 Å². The molecule has 162 valence electrons. The third-order valence-corrected chi connectivity index (χ3v) is 9.10. The van der Waals surface area contributed by atoms with E-state index in [1.165, 1.54) is 33.9 Å². The largest absolute Gasteiger partial charge is 0.497 e. The summed E-state index contributed by atoms with van der Waals surface area (Å²) in [6.07, 6.45) is 1.24. The van der Waals surface area contributed by atoms with Crippen molar-refractivity contribution in [1.82, 2.24) is 4.31 Å². The average molecular weight is 453 g/mol. The van der Waals surface area contributed by atoms with Crippen molar-refractivity contribution in [3.63, 3.8) is 0 Å². The fourth-order valence-electron chi connectivity index (χ4n) is 3.76. The van der Waals surface area contributed by atoms with Gasteiger partial charge in [-0.15, -0.1) is 0 Å². The molecule has 2 aliphatic rings. The van der Waals surface area contributed by atoms with E-state index in [0.29, 0.717) is 62.7 Å². The van der Waals surface area contributed by atoms with Gasteiger partial charge in [-0.3, -0.25) is 4.31 Å². The Kier molecular flexibility index (Phi) is 5.75. The van der Waals surface area contributed by atoms with Gasteiger partial charge >= 0.3 is 0 Å². The van der Waals surface area contributed by atoms with E-state index in [4.69, 9.17) is 9.47 Å². The Balaban J connectivity index is 1.68. The zero-order valence-electron chi connectivity index (χ0n) is 16.7. The van der Waals surface area contributed by atoms with Crippen LogP contribution in [0.15, 0.2) is 52.3 Å². The van der Waals surface area contributed by atoms with Crippen LogP contribution < -0.4 is 9.04 Å². The van der Waals surface area contributed by atoms with Gasteiger partial charge in [0.05, 0.1) is 35.8 Å². The fraction of sp³-hybridized carbons (Fsp3) is 0.400. The zero-order chi connectivity index (χ0) is 21.4. The number of benzene rings is 2. The van der Waals surface area contributed by atoms with Gasteiger partial charge in [0.1, 0.15) is 5.75 Å². The molecule has 2 heterocycles. The Labute approximate surface area is 177 Å². The average Bonchev–Trinajstić information content (AvgIpc) is 2.78. The highest BCUT2D eigenvalue weighted by Crippen LogP contribution is 2.34. The fourth-order valence-corrected chi connectivity index (χ4v) is 6.76. The summed E-state index contributed by atoms with van der Waals surface area (Å²) in [7, 11) is -5.88. The lowest BCUT2D eigenvalue weighted by atomic mass is 10.0. The van der Waals surface area contributed by atoms with Crippen molar-refractivity contribution in [3.05, 3.63) is 48.0 Å². The molecule has 0 aliphatic carbocycles. The maximum atomic E-state index is 13.2. The van der Waals surface area contributed by atoms with Gasteiger partial charge in [-0.2, -0.15) is 4.31 Å². The standard InChI is InChI=1S/C20H24N2O6S2/c1-27-17-4-6-18(7-5-17)30(25,26)22-10-2-3-16-15-19(8-9-20(16)22)29(23,24)21-11-13-28-14-12-21/h4-9,15H,2-3,10-14H2,1H3. The van der Waals surface area contributed by atoms with Crippen molar-refractivity contribution >= 4 is 25.7 Å². The number of sulfonamides is 2. The topological polar surface area (TPSA) is 93.2 Å². The minimum atomic E-state index is -3.77. The molecular weight excluding hydrogens is 428 g/mol.